The molecule has 0 atom stereocenters. The maximum Gasteiger partial charge on any atom is 0.223 e. The summed E-state index contributed by atoms with van der Waals surface area (Å²) in [5.41, 5.74) is 1.99. The van der Waals surface area contributed by atoms with Gasteiger partial charge in [0, 0.05) is 31.9 Å². The van der Waals surface area contributed by atoms with E-state index >= 15 is 0 Å². The van der Waals surface area contributed by atoms with Gasteiger partial charge in [0.2, 0.25) is 5.69 Å². The molecule has 0 fully saturated rings. The van der Waals surface area contributed by atoms with E-state index in [9.17, 15) is 4.39 Å². The Morgan fingerprint density at radius 2 is 1.95 bits per heavy atom. The zero-order chi connectivity index (χ0) is 15.1. The van der Waals surface area contributed by atoms with E-state index < -0.39 is 5.82 Å². The van der Waals surface area contributed by atoms with Gasteiger partial charge in [-0.15, -0.1) is 11.3 Å². The van der Waals surface area contributed by atoms with Gasteiger partial charge in [-0.25, -0.2) is 9.24 Å². The summed E-state index contributed by atoms with van der Waals surface area (Å²) in [5.74, 6) is -0.467. The minimum atomic E-state index is -0.467. The maximum atomic E-state index is 13.9. The van der Waals surface area contributed by atoms with Gasteiger partial charge in [-0.1, -0.05) is 24.3 Å². The molecule has 0 amide bonds. The molecule has 4 heteroatoms. The molecule has 0 saturated heterocycles. The molecule has 0 aliphatic carbocycles. The molecule has 0 spiro atoms. The quantitative estimate of drug-likeness (QED) is 0.406. The van der Waals surface area contributed by atoms with Gasteiger partial charge in [0.05, 0.1) is 12.3 Å². The molecule has 0 N–H and O–H groups in total. The Morgan fingerprint density at radius 1 is 1.05 bits per heavy atom. The maximum absolute atomic E-state index is 13.9. The molecule has 0 aliphatic heterocycles. The van der Waals surface area contributed by atoms with E-state index in [0.717, 1.165) is 31.4 Å². The number of rotatable bonds is 1. The first kappa shape index (κ1) is 12.9. The molecule has 0 aliphatic rings. The van der Waals surface area contributed by atoms with Crippen molar-refractivity contribution < 1.29 is 4.39 Å². The van der Waals surface area contributed by atoms with Crippen LogP contribution in [0.5, 0.6) is 0 Å². The molecule has 0 bridgehead atoms. The average Bonchev–Trinajstić information content (AvgIpc) is 2.92. The van der Waals surface area contributed by atoms with Crippen LogP contribution in [0.1, 0.15) is 0 Å². The van der Waals surface area contributed by atoms with Gasteiger partial charge in [0.25, 0.3) is 0 Å². The summed E-state index contributed by atoms with van der Waals surface area (Å²) in [4.78, 5) is 7.64. The number of hydrogen-bond donors (Lipinski definition) is 0. The number of thiophene rings is 1. The van der Waals surface area contributed by atoms with E-state index in [1.807, 2.05) is 36.4 Å². The zero-order valence-corrected chi connectivity index (χ0v) is 12.2. The number of hydrogen-bond acceptors (Lipinski definition) is 2. The fraction of sp³-hybridized carbons (Fsp3) is 0. The summed E-state index contributed by atoms with van der Waals surface area (Å²) in [5, 5.41) is 1.85. The first-order chi connectivity index (χ1) is 10.8. The van der Waals surface area contributed by atoms with Crippen LogP contribution in [0.2, 0.25) is 0 Å². The van der Waals surface area contributed by atoms with Gasteiger partial charge in [-0.05, 0) is 24.3 Å². The molecule has 104 valence electrons. The Labute approximate surface area is 130 Å². The number of halogens is 1. The van der Waals surface area contributed by atoms with Gasteiger partial charge in [0.15, 0.2) is 0 Å². The fourth-order valence-electron chi connectivity index (χ4n) is 2.62. The van der Waals surface area contributed by atoms with Crippen LogP contribution in [-0.4, -0.2) is 4.98 Å². The molecular weight excluding hydrogens is 295 g/mol. The molecule has 2 aromatic heterocycles. The zero-order valence-electron chi connectivity index (χ0n) is 11.4. The standard InChI is InChI=1S/C18H9FN2S/c1-20-16-10-17-13(9-14(16)19)11-5-4-6-12(18(11)22-17)15-7-2-3-8-21-15/h2-10H. The van der Waals surface area contributed by atoms with E-state index in [0.29, 0.717) is 0 Å². The predicted molar refractivity (Wildman–Crippen MR) is 88.8 cm³/mol. The molecule has 4 aromatic rings. The van der Waals surface area contributed by atoms with E-state index in [1.165, 1.54) is 6.07 Å². The third-order valence-corrected chi connectivity index (χ3v) is 4.83. The third kappa shape index (κ3) is 1.87. The van der Waals surface area contributed by atoms with Gasteiger partial charge in [-0.2, -0.15) is 0 Å². The summed E-state index contributed by atoms with van der Waals surface area (Å²) in [6.45, 7) is 7.05. The van der Waals surface area contributed by atoms with Crippen LogP contribution in [-0.2, 0) is 0 Å². The van der Waals surface area contributed by atoms with Gasteiger partial charge in [-0.3, -0.25) is 4.98 Å². The lowest BCUT2D eigenvalue weighted by atomic mass is 10.1. The predicted octanol–water partition coefficient (Wildman–Crippen LogP) is 5.81. The summed E-state index contributed by atoms with van der Waals surface area (Å²) in [7, 11) is 0. The first-order valence-electron chi connectivity index (χ1n) is 6.71. The number of pyridine rings is 1. The Kier molecular flexibility index (Phi) is 2.88. The van der Waals surface area contributed by atoms with Crippen LogP contribution >= 0.6 is 11.3 Å². The van der Waals surface area contributed by atoms with E-state index in [-0.39, 0.29) is 5.69 Å². The van der Waals surface area contributed by atoms with Crippen LogP contribution < -0.4 is 0 Å². The van der Waals surface area contributed by atoms with E-state index in [1.54, 1.807) is 23.6 Å². The molecule has 22 heavy (non-hydrogen) atoms. The summed E-state index contributed by atoms with van der Waals surface area (Å²) >= 11 is 1.57. The van der Waals surface area contributed by atoms with Crippen molar-refractivity contribution in [2.24, 2.45) is 0 Å². The molecule has 2 heterocycles. The summed E-state index contributed by atoms with van der Waals surface area (Å²) in [6, 6.07) is 14.8. The SMILES string of the molecule is [C-]#[N+]c1cc2sc3c(-c4ccccn4)cccc3c2cc1F. The van der Waals surface area contributed by atoms with Crippen molar-refractivity contribution in [3.8, 4) is 11.3 Å². The molecule has 0 unspecified atom stereocenters. The second kappa shape index (κ2) is 4.90. The van der Waals surface area contributed by atoms with Crippen molar-refractivity contribution in [2.45, 2.75) is 0 Å². The van der Waals surface area contributed by atoms with Crippen molar-refractivity contribution in [1.29, 1.82) is 0 Å². The highest BCUT2D eigenvalue weighted by molar-refractivity contribution is 7.26. The van der Waals surface area contributed by atoms with Gasteiger partial charge >= 0.3 is 0 Å². The number of benzene rings is 2. The van der Waals surface area contributed by atoms with Crippen LogP contribution in [0.15, 0.2) is 54.7 Å². The Hall–Kier alpha value is -2.77. The molecule has 2 aromatic carbocycles. The smallest absolute Gasteiger partial charge is 0.223 e. The Morgan fingerprint density at radius 3 is 2.73 bits per heavy atom. The number of fused-ring (bicyclic) bond motifs is 3. The highest BCUT2D eigenvalue weighted by atomic mass is 32.1. The second-order valence-electron chi connectivity index (χ2n) is 4.91. The average molecular weight is 304 g/mol. The lowest BCUT2D eigenvalue weighted by Crippen LogP contribution is -1.81. The lowest BCUT2D eigenvalue weighted by Gasteiger charge is -2.01. The Bertz CT molecular complexity index is 1050. The fourth-order valence-corrected chi connectivity index (χ4v) is 3.86. The minimum absolute atomic E-state index is 0.0680. The topological polar surface area (TPSA) is 17.2 Å². The van der Waals surface area contributed by atoms with Crippen molar-refractivity contribution in [1.82, 2.24) is 4.98 Å². The molecule has 4 rings (SSSR count). The van der Waals surface area contributed by atoms with Crippen molar-refractivity contribution in [3.05, 3.63) is 72.0 Å². The summed E-state index contributed by atoms with van der Waals surface area (Å²) < 4.78 is 15.9. The summed E-state index contributed by atoms with van der Waals surface area (Å²) in [6.07, 6.45) is 1.76. The number of aromatic nitrogens is 1. The van der Waals surface area contributed by atoms with Crippen LogP contribution in [0, 0.1) is 12.4 Å². The van der Waals surface area contributed by atoms with Crippen LogP contribution in [0.25, 0.3) is 36.3 Å². The Balaban J connectivity index is 2.10. The van der Waals surface area contributed by atoms with Crippen molar-refractivity contribution in [3.63, 3.8) is 0 Å². The largest absolute Gasteiger partial charge is 0.256 e. The van der Waals surface area contributed by atoms with E-state index in [4.69, 9.17) is 6.57 Å². The molecule has 2 nitrogen and oxygen atoms in total. The number of nitrogens with zero attached hydrogens (tertiary/aromatic N) is 2. The van der Waals surface area contributed by atoms with Gasteiger partial charge < -0.3 is 0 Å². The highest BCUT2D eigenvalue weighted by Crippen LogP contribution is 2.41. The normalized spacial score (nSPS) is 10.9. The van der Waals surface area contributed by atoms with Crippen molar-refractivity contribution in [2.75, 3.05) is 0 Å². The molecule has 0 radical (unpaired) electrons. The molecular formula is C18H9FN2S. The first-order valence-corrected chi connectivity index (χ1v) is 7.53. The highest BCUT2D eigenvalue weighted by Gasteiger charge is 2.13. The van der Waals surface area contributed by atoms with E-state index in [2.05, 4.69) is 9.83 Å². The van der Waals surface area contributed by atoms with Crippen LogP contribution in [0.4, 0.5) is 10.1 Å². The minimum Gasteiger partial charge on any atom is -0.256 e. The molecule has 0 saturated carbocycles. The lowest BCUT2D eigenvalue weighted by molar-refractivity contribution is 0.635. The third-order valence-electron chi connectivity index (χ3n) is 3.63. The second-order valence-corrected chi connectivity index (χ2v) is 5.96. The van der Waals surface area contributed by atoms with Crippen LogP contribution in [0.3, 0.4) is 0 Å². The van der Waals surface area contributed by atoms with Crippen molar-refractivity contribution >= 4 is 37.2 Å². The monoisotopic (exact) mass is 304 g/mol. The van der Waals surface area contributed by atoms with Gasteiger partial charge in [0.1, 0.15) is 5.82 Å².